The summed E-state index contributed by atoms with van der Waals surface area (Å²) >= 11 is 0. The van der Waals surface area contributed by atoms with Gasteiger partial charge < -0.3 is 14.6 Å². The van der Waals surface area contributed by atoms with Gasteiger partial charge in [0.1, 0.15) is 11.4 Å². The Morgan fingerprint density at radius 3 is 2.31 bits per heavy atom. The van der Waals surface area contributed by atoms with E-state index in [4.69, 9.17) is 9.47 Å². The van der Waals surface area contributed by atoms with Crippen molar-refractivity contribution in [1.29, 1.82) is 0 Å². The molecule has 0 saturated heterocycles. The minimum Gasteiger partial charge on any atom is -0.497 e. The van der Waals surface area contributed by atoms with Crippen LogP contribution < -0.4 is 4.74 Å². The molecular weight excluding hydrogens is 370 g/mol. The average Bonchev–Trinajstić information content (AvgIpc) is 2.65. The number of carbonyl (C=O) groups is 2. The third-order valence-electron chi connectivity index (χ3n) is 4.99. The number of hydrogen-bond donors (Lipinski definition) is 1. The Morgan fingerprint density at radius 1 is 1.10 bits per heavy atom. The van der Waals surface area contributed by atoms with Crippen LogP contribution in [0, 0.1) is 0 Å². The van der Waals surface area contributed by atoms with E-state index in [2.05, 4.69) is 0 Å². The normalized spacial score (nSPS) is 18.7. The highest BCUT2D eigenvalue weighted by Crippen LogP contribution is 2.40. The largest absolute Gasteiger partial charge is 0.497 e. The maximum atomic E-state index is 13.1. The molecule has 0 saturated carbocycles. The first-order valence-electron chi connectivity index (χ1n) is 9.62. The molecule has 0 unspecified atom stereocenters. The molecule has 0 aromatic heterocycles. The zero-order valence-corrected chi connectivity index (χ0v) is 17.4. The van der Waals surface area contributed by atoms with Crippen LogP contribution >= 0.6 is 0 Å². The molecule has 0 aliphatic carbocycles. The summed E-state index contributed by atoms with van der Waals surface area (Å²) in [7, 11) is 1.63. The maximum Gasteiger partial charge on any atom is 0.411 e. The summed E-state index contributed by atoms with van der Waals surface area (Å²) in [5.74, 6) is -0.218. The smallest absolute Gasteiger partial charge is 0.411 e. The van der Waals surface area contributed by atoms with E-state index in [1.165, 1.54) is 0 Å². The number of fused-ring (bicyclic) bond motifs is 1. The summed E-state index contributed by atoms with van der Waals surface area (Å²) in [5, 5.41) is 9.21. The van der Waals surface area contributed by atoms with Crippen molar-refractivity contribution >= 4 is 12.1 Å². The monoisotopic (exact) mass is 397 g/mol. The Kier molecular flexibility index (Phi) is 5.55. The number of amides is 1. The van der Waals surface area contributed by atoms with Crippen molar-refractivity contribution < 1.29 is 24.2 Å². The van der Waals surface area contributed by atoms with Gasteiger partial charge in [0.25, 0.3) is 0 Å². The number of benzene rings is 2. The van der Waals surface area contributed by atoms with E-state index in [-0.39, 0.29) is 17.6 Å². The van der Waals surface area contributed by atoms with E-state index in [1.54, 1.807) is 36.3 Å². The van der Waals surface area contributed by atoms with E-state index in [9.17, 15) is 14.7 Å². The number of rotatable bonds is 3. The van der Waals surface area contributed by atoms with E-state index in [1.807, 2.05) is 45.9 Å². The summed E-state index contributed by atoms with van der Waals surface area (Å²) in [6.07, 6.45) is 0.286. The minimum atomic E-state index is -0.984. The van der Waals surface area contributed by atoms with Crippen LogP contribution in [0.5, 0.6) is 5.75 Å². The molecular formula is C23H27NO5. The number of carboxylic acid groups (broad SMARTS) is 1. The highest BCUT2D eigenvalue weighted by Gasteiger charge is 2.38. The van der Waals surface area contributed by atoms with Crippen LogP contribution in [0.15, 0.2) is 42.5 Å². The predicted molar refractivity (Wildman–Crippen MR) is 109 cm³/mol. The van der Waals surface area contributed by atoms with Crippen molar-refractivity contribution in [3.05, 3.63) is 64.7 Å². The Hall–Kier alpha value is -3.02. The molecule has 1 aliphatic rings. The summed E-state index contributed by atoms with van der Waals surface area (Å²) < 4.78 is 11.1. The van der Waals surface area contributed by atoms with Crippen molar-refractivity contribution in [2.75, 3.05) is 7.11 Å². The van der Waals surface area contributed by atoms with Crippen LogP contribution in [0.2, 0.25) is 0 Å². The second kappa shape index (κ2) is 7.78. The van der Waals surface area contributed by atoms with Crippen molar-refractivity contribution in [2.24, 2.45) is 0 Å². The fourth-order valence-electron chi connectivity index (χ4n) is 3.72. The van der Waals surface area contributed by atoms with Gasteiger partial charge in [0.2, 0.25) is 0 Å². The summed E-state index contributed by atoms with van der Waals surface area (Å²) in [5.41, 5.74) is 2.51. The number of methoxy groups -OCH3 is 1. The molecule has 0 bridgehead atoms. The van der Waals surface area contributed by atoms with Gasteiger partial charge in [0.05, 0.1) is 18.7 Å². The second-order valence-electron chi connectivity index (χ2n) is 8.34. The molecule has 6 heteroatoms. The third-order valence-corrected chi connectivity index (χ3v) is 4.99. The Balaban J connectivity index is 2.10. The first-order valence-corrected chi connectivity index (χ1v) is 9.62. The van der Waals surface area contributed by atoms with Crippen LogP contribution in [-0.2, 0) is 11.2 Å². The lowest BCUT2D eigenvalue weighted by atomic mass is 9.85. The molecule has 2 atom stereocenters. The molecule has 154 valence electrons. The van der Waals surface area contributed by atoms with E-state index in [0.717, 1.165) is 22.4 Å². The number of nitrogens with zero attached hydrogens (tertiary/aromatic N) is 1. The van der Waals surface area contributed by atoms with Crippen LogP contribution in [-0.4, -0.2) is 40.8 Å². The van der Waals surface area contributed by atoms with Crippen LogP contribution in [0.4, 0.5) is 4.79 Å². The molecule has 29 heavy (non-hydrogen) atoms. The fourth-order valence-corrected chi connectivity index (χ4v) is 3.72. The van der Waals surface area contributed by atoms with Crippen LogP contribution in [0.1, 0.15) is 60.8 Å². The molecule has 1 amide bonds. The van der Waals surface area contributed by atoms with E-state index < -0.39 is 17.7 Å². The summed E-state index contributed by atoms with van der Waals surface area (Å²) in [6.45, 7) is 7.52. The SMILES string of the molecule is COc1ccc2c(c1)C[C@H](C)N(C(=O)OC(C)(C)C)[C@H]2c1ccc(C(=O)O)cc1. The van der Waals surface area contributed by atoms with Crippen molar-refractivity contribution in [3.8, 4) is 5.75 Å². The maximum absolute atomic E-state index is 13.1. The van der Waals surface area contributed by atoms with Gasteiger partial charge in [-0.05, 0) is 75.1 Å². The Morgan fingerprint density at radius 2 is 1.76 bits per heavy atom. The first-order chi connectivity index (χ1) is 13.6. The van der Waals surface area contributed by atoms with Gasteiger partial charge in [-0.3, -0.25) is 4.90 Å². The standard InChI is InChI=1S/C23H27NO5/c1-14-12-17-13-18(28-5)10-11-19(17)20(24(14)22(27)29-23(2,3)4)15-6-8-16(9-7-15)21(25)26/h6-11,13-14,20H,12H2,1-5H3,(H,25,26)/t14-,20-/m0/s1. The quantitative estimate of drug-likeness (QED) is 0.815. The molecule has 6 nitrogen and oxygen atoms in total. The van der Waals surface area contributed by atoms with Crippen molar-refractivity contribution in [1.82, 2.24) is 4.90 Å². The molecule has 0 spiro atoms. The Labute approximate surface area is 171 Å². The molecule has 2 aromatic carbocycles. The highest BCUT2D eigenvalue weighted by molar-refractivity contribution is 5.87. The molecule has 0 fully saturated rings. The topological polar surface area (TPSA) is 76.1 Å². The lowest BCUT2D eigenvalue weighted by Gasteiger charge is -2.42. The first kappa shape index (κ1) is 20.7. The Bertz CT molecular complexity index is 914. The lowest BCUT2D eigenvalue weighted by molar-refractivity contribution is 0.00808. The van der Waals surface area contributed by atoms with Gasteiger partial charge >= 0.3 is 12.1 Å². The highest BCUT2D eigenvalue weighted by atomic mass is 16.6. The van der Waals surface area contributed by atoms with Crippen LogP contribution in [0.3, 0.4) is 0 Å². The molecule has 1 heterocycles. The zero-order chi connectivity index (χ0) is 21.3. The molecule has 1 aliphatic heterocycles. The molecule has 2 aromatic rings. The molecule has 0 radical (unpaired) electrons. The van der Waals surface area contributed by atoms with Gasteiger partial charge in [-0.15, -0.1) is 0 Å². The van der Waals surface area contributed by atoms with Gasteiger partial charge in [0.15, 0.2) is 0 Å². The van der Waals surface area contributed by atoms with Crippen LogP contribution in [0.25, 0.3) is 0 Å². The number of carbonyl (C=O) groups excluding carboxylic acids is 1. The van der Waals surface area contributed by atoms with Crippen molar-refractivity contribution in [2.45, 2.75) is 51.8 Å². The van der Waals surface area contributed by atoms with E-state index in [0.29, 0.717) is 6.42 Å². The van der Waals surface area contributed by atoms with Gasteiger partial charge in [0, 0.05) is 6.04 Å². The number of hydrogen-bond acceptors (Lipinski definition) is 4. The molecule has 3 rings (SSSR count). The summed E-state index contributed by atoms with van der Waals surface area (Å²) in [6, 6.07) is 12.0. The minimum absolute atomic E-state index is 0.103. The zero-order valence-electron chi connectivity index (χ0n) is 17.4. The van der Waals surface area contributed by atoms with Crippen molar-refractivity contribution in [3.63, 3.8) is 0 Å². The lowest BCUT2D eigenvalue weighted by Crippen LogP contribution is -2.48. The average molecular weight is 397 g/mol. The van der Waals surface area contributed by atoms with E-state index >= 15 is 0 Å². The van der Waals surface area contributed by atoms with Gasteiger partial charge in [-0.25, -0.2) is 9.59 Å². The molecule has 1 N–H and O–H groups in total. The number of aromatic carboxylic acids is 1. The third kappa shape index (κ3) is 4.36. The van der Waals surface area contributed by atoms with Gasteiger partial charge in [-0.1, -0.05) is 18.2 Å². The number of ether oxygens (including phenoxy) is 2. The number of carboxylic acids is 1. The van der Waals surface area contributed by atoms with Gasteiger partial charge in [-0.2, -0.15) is 0 Å². The second-order valence-corrected chi connectivity index (χ2v) is 8.34. The summed E-state index contributed by atoms with van der Waals surface area (Å²) in [4.78, 5) is 26.1. The fraction of sp³-hybridized carbons (Fsp3) is 0.391. The predicted octanol–water partition coefficient (Wildman–Crippen LogP) is 4.66.